The molecule has 72 valence electrons. The van der Waals surface area contributed by atoms with Crippen LogP contribution in [0.5, 0.6) is 0 Å². The summed E-state index contributed by atoms with van der Waals surface area (Å²) in [6.07, 6.45) is 4.06. The van der Waals surface area contributed by atoms with Gasteiger partial charge in [0.1, 0.15) is 11.6 Å². The molecule has 0 radical (unpaired) electrons. The van der Waals surface area contributed by atoms with Crippen molar-refractivity contribution in [3.05, 3.63) is 0 Å². The molecule has 0 spiro atoms. The van der Waals surface area contributed by atoms with E-state index in [1.54, 1.807) is 0 Å². The standard InChI is InChI=1S/C10H15NO2/c12-8-4-1-5-9(13)10(8)7-3-2-6-11-7/h7,10-11H,1-6H2. The third-order valence-corrected chi connectivity index (χ3v) is 3.04. The van der Waals surface area contributed by atoms with Gasteiger partial charge >= 0.3 is 0 Å². The van der Waals surface area contributed by atoms with Gasteiger partial charge in [-0.3, -0.25) is 9.59 Å². The number of nitrogens with one attached hydrogen (secondary N) is 1. The van der Waals surface area contributed by atoms with Crippen LogP contribution in [-0.4, -0.2) is 24.2 Å². The molecule has 1 N–H and O–H groups in total. The Balaban J connectivity index is 2.08. The van der Waals surface area contributed by atoms with Gasteiger partial charge in [-0.05, 0) is 25.8 Å². The Labute approximate surface area is 77.9 Å². The van der Waals surface area contributed by atoms with Crippen LogP contribution in [0.15, 0.2) is 0 Å². The molecule has 13 heavy (non-hydrogen) atoms. The highest BCUT2D eigenvalue weighted by Gasteiger charge is 2.37. The minimum atomic E-state index is -0.309. The predicted molar refractivity (Wildman–Crippen MR) is 48.4 cm³/mol. The molecule has 0 amide bonds. The predicted octanol–water partition coefficient (Wildman–Crippen LogP) is 0.677. The van der Waals surface area contributed by atoms with Crippen LogP contribution >= 0.6 is 0 Å². The molecule has 0 aromatic rings. The van der Waals surface area contributed by atoms with Gasteiger partial charge in [-0.1, -0.05) is 0 Å². The van der Waals surface area contributed by atoms with E-state index in [1.165, 1.54) is 0 Å². The highest BCUT2D eigenvalue weighted by molar-refractivity contribution is 6.05. The van der Waals surface area contributed by atoms with E-state index in [1.807, 2.05) is 0 Å². The lowest BCUT2D eigenvalue weighted by molar-refractivity contribution is -0.136. The van der Waals surface area contributed by atoms with Gasteiger partial charge in [0, 0.05) is 18.9 Å². The number of carbonyl (C=O) groups is 2. The normalized spacial score (nSPS) is 31.2. The summed E-state index contributed by atoms with van der Waals surface area (Å²) in [5.41, 5.74) is 0. The molecule has 2 aliphatic rings. The van der Waals surface area contributed by atoms with Crippen LogP contribution in [0, 0.1) is 5.92 Å². The largest absolute Gasteiger partial charge is 0.313 e. The van der Waals surface area contributed by atoms with Gasteiger partial charge in [0.15, 0.2) is 0 Å². The summed E-state index contributed by atoms with van der Waals surface area (Å²) in [7, 11) is 0. The van der Waals surface area contributed by atoms with Crippen molar-refractivity contribution in [2.45, 2.75) is 38.1 Å². The first-order valence-corrected chi connectivity index (χ1v) is 5.08. The van der Waals surface area contributed by atoms with Crippen molar-refractivity contribution >= 4 is 11.6 Å². The number of ketones is 2. The van der Waals surface area contributed by atoms with Gasteiger partial charge in [0.2, 0.25) is 0 Å². The molecule has 1 atom stereocenters. The summed E-state index contributed by atoms with van der Waals surface area (Å²) in [5, 5.41) is 3.25. The van der Waals surface area contributed by atoms with Gasteiger partial charge in [-0.2, -0.15) is 0 Å². The summed E-state index contributed by atoms with van der Waals surface area (Å²) in [6.45, 7) is 0.960. The monoisotopic (exact) mass is 181 g/mol. The SMILES string of the molecule is O=C1CCCC(=O)C1C1CCCN1. The molecule has 2 rings (SSSR count). The van der Waals surface area contributed by atoms with Crippen molar-refractivity contribution < 1.29 is 9.59 Å². The highest BCUT2D eigenvalue weighted by atomic mass is 16.2. The number of rotatable bonds is 1. The Morgan fingerprint density at radius 3 is 2.31 bits per heavy atom. The minimum Gasteiger partial charge on any atom is -0.313 e. The van der Waals surface area contributed by atoms with Crippen LogP contribution in [0.2, 0.25) is 0 Å². The lowest BCUT2D eigenvalue weighted by atomic mass is 9.81. The molecular formula is C10H15NO2. The van der Waals surface area contributed by atoms with Crippen molar-refractivity contribution in [1.29, 1.82) is 0 Å². The number of hydrogen-bond acceptors (Lipinski definition) is 3. The molecule has 1 saturated carbocycles. The molecule has 1 aliphatic carbocycles. The topological polar surface area (TPSA) is 46.2 Å². The average molecular weight is 181 g/mol. The van der Waals surface area contributed by atoms with E-state index in [2.05, 4.69) is 5.32 Å². The maximum atomic E-state index is 11.5. The maximum absolute atomic E-state index is 11.5. The molecule has 3 heteroatoms. The van der Waals surface area contributed by atoms with E-state index in [4.69, 9.17) is 0 Å². The molecule has 0 aromatic carbocycles. The summed E-state index contributed by atoms with van der Waals surface area (Å²) in [5.74, 6) is 0.0163. The molecule has 0 bridgehead atoms. The maximum Gasteiger partial charge on any atom is 0.144 e. The lowest BCUT2D eigenvalue weighted by Crippen LogP contribution is -2.42. The van der Waals surface area contributed by atoms with E-state index in [9.17, 15) is 9.59 Å². The Hall–Kier alpha value is -0.700. The second-order valence-electron chi connectivity index (χ2n) is 3.97. The van der Waals surface area contributed by atoms with Gasteiger partial charge in [-0.15, -0.1) is 0 Å². The van der Waals surface area contributed by atoms with Crippen molar-refractivity contribution in [3.63, 3.8) is 0 Å². The van der Waals surface area contributed by atoms with E-state index in [0.29, 0.717) is 12.8 Å². The smallest absolute Gasteiger partial charge is 0.144 e. The van der Waals surface area contributed by atoms with Crippen molar-refractivity contribution in [2.24, 2.45) is 5.92 Å². The van der Waals surface area contributed by atoms with Crippen molar-refractivity contribution in [3.8, 4) is 0 Å². The van der Waals surface area contributed by atoms with Crippen molar-refractivity contribution in [1.82, 2.24) is 5.32 Å². The Kier molecular flexibility index (Phi) is 2.44. The number of carbonyl (C=O) groups excluding carboxylic acids is 2. The third-order valence-electron chi connectivity index (χ3n) is 3.04. The molecule has 1 saturated heterocycles. The number of Topliss-reactive ketones (excluding diaryl/α,β-unsaturated/α-hetero) is 2. The minimum absolute atomic E-state index is 0.153. The van der Waals surface area contributed by atoms with Crippen molar-refractivity contribution in [2.75, 3.05) is 6.54 Å². The van der Waals surface area contributed by atoms with Crippen LogP contribution in [0.4, 0.5) is 0 Å². The van der Waals surface area contributed by atoms with E-state index in [0.717, 1.165) is 25.8 Å². The van der Waals surface area contributed by atoms with Crippen LogP contribution < -0.4 is 5.32 Å². The Morgan fingerprint density at radius 1 is 1.08 bits per heavy atom. The lowest BCUT2D eigenvalue weighted by Gasteiger charge is -2.24. The average Bonchev–Trinajstić information content (AvgIpc) is 2.57. The molecule has 0 aromatic heterocycles. The first-order chi connectivity index (χ1) is 6.29. The summed E-state index contributed by atoms with van der Waals surface area (Å²) >= 11 is 0. The summed E-state index contributed by atoms with van der Waals surface area (Å²) < 4.78 is 0. The van der Waals surface area contributed by atoms with Crippen LogP contribution in [0.25, 0.3) is 0 Å². The molecule has 1 heterocycles. The zero-order valence-electron chi connectivity index (χ0n) is 7.71. The molecule has 1 unspecified atom stereocenters. The van der Waals surface area contributed by atoms with E-state index in [-0.39, 0.29) is 23.5 Å². The zero-order chi connectivity index (χ0) is 9.26. The summed E-state index contributed by atoms with van der Waals surface area (Å²) in [4.78, 5) is 23.1. The van der Waals surface area contributed by atoms with E-state index >= 15 is 0 Å². The molecular weight excluding hydrogens is 166 g/mol. The second kappa shape index (κ2) is 3.58. The van der Waals surface area contributed by atoms with Gasteiger partial charge in [0.25, 0.3) is 0 Å². The van der Waals surface area contributed by atoms with Gasteiger partial charge < -0.3 is 5.32 Å². The molecule has 1 aliphatic heterocycles. The Bertz CT molecular complexity index is 215. The number of hydrogen-bond donors (Lipinski definition) is 1. The quantitative estimate of drug-likeness (QED) is 0.605. The first kappa shape index (κ1) is 8.88. The molecule has 3 nitrogen and oxygen atoms in total. The fourth-order valence-electron chi connectivity index (χ4n) is 2.37. The van der Waals surface area contributed by atoms with Gasteiger partial charge in [-0.25, -0.2) is 0 Å². The van der Waals surface area contributed by atoms with Crippen LogP contribution in [0.1, 0.15) is 32.1 Å². The van der Waals surface area contributed by atoms with Crippen LogP contribution in [-0.2, 0) is 9.59 Å². The van der Waals surface area contributed by atoms with Crippen LogP contribution in [0.3, 0.4) is 0 Å². The third kappa shape index (κ3) is 1.66. The molecule has 2 fully saturated rings. The fraction of sp³-hybridized carbons (Fsp3) is 0.800. The Morgan fingerprint density at radius 2 is 1.77 bits per heavy atom. The zero-order valence-corrected chi connectivity index (χ0v) is 7.71. The van der Waals surface area contributed by atoms with Gasteiger partial charge in [0.05, 0.1) is 5.92 Å². The summed E-state index contributed by atoms with van der Waals surface area (Å²) in [6, 6.07) is 0.153. The highest BCUT2D eigenvalue weighted by Crippen LogP contribution is 2.24. The first-order valence-electron chi connectivity index (χ1n) is 5.08. The fourth-order valence-corrected chi connectivity index (χ4v) is 2.37. The second-order valence-corrected chi connectivity index (χ2v) is 3.97. The van der Waals surface area contributed by atoms with E-state index < -0.39 is 0 Å².